The van der Waals surface area contributed by atoms with Crippen LogP contribution in [0.4, 0.5) is 0 Å². The number of hydrogen-bond donors (Lipinski definition) is 0. The summed E-state index contributed by atoms with van der Waals surface area (Å²) in [6.07, 6.45) is 0. The van der Waals surface area contributed by atoms with Gasteiger partial charge in [-0.3, -0.25) is 4.57 Å². The molecule has 7 aromatic carbocycles. The van der Waals surface area contributed by atoms with Crippen molar-refractivity contribution in [1.29, 1.82) is 0 Å². The Morgan fingerprint density at radius 1 is 0.429 bits per heavy atom. The first kappa shape index (κ1) is 24.3. The van der Waals surface area contributed by atoms with Crippen molar-refractivity contribution in [2.45, 2.75) is 6.92 Å². The van der Waals surface area contributed by atoms with Crippen molar-refractivity contribution in [2.24, 2.45) is 0 Å². The average Bonchev–Trinajstić information content (AvgIpc) is 3.44. The Labute approximate surface area is 245 Å². The van der Waals surface area contributed by atoms with Gasteiger partial charge < -0.3 is 0 Å². The number of rotatable bonds is 4. The van der Waals surface area contributed by atoms with E-state index in [-0.39, 0.29) is 0 Å². The van der Waals surface area contributed by atoms with E-state index in [0.29, 0.717) is 0 Å². The summed E-state index contributed by atoms with van der Waals surface area (Å²) in [5, 5.41) is 5.06. The third-order valence-electron chi connectivity index (χ3n) is 8.28. The lowest BCUT2D eigenvalue weighted by Crippen LogP contribution is -1.97. The molecule has 1 heterocycles. The third kappa shape index (κ3) is 3.92. The van der Waals surface area contributed by atoms with E-state index in [1.807, 2.05) is 6.07 Å². The molecule has 42 heavy (non-hydrogen) atoms. The smallest absolute Gasteiger partial charge is 0.145 e. The van der Waals surface area contributed by atoms with E-state index in [1.165, 1.54) is 49.4 Å². The van der Waals surface area contributed by atoms with Gasteiger partial charge in [0.2, 0.25) is 0 Å². The van der Waals surface area contributed by atoms with Crippen LogP contribution < -0.4 is 0 Å². The molecular weight excluding hydrogens is 508 g/mol. The Kier molecular flexibility index (Phi) is 5.72. The molecule has 0 amide bonds. The van der Waals surface area contributed by atoms with Crippen molar-refractivity contribution in [3.8, 4) is 39.3 Å². The predicted octanol–water partition coefficient (Wildman–Crippen LogP) is 10.6. The Morgan fingerprint density at radius 3 is 1.45 bits per heavy atom. The van der Waals surface area contributed by atoms with Gasteiger partial charge in [-0.2, -0.15) is 0 Å². The standard InChI is InChI=1S/C40H28N2/c1-27-19-21-28(22-20-27)38-32-13-5-7-15-34(32)39(35-16-8-6-14-33(35)38)29-23-25-30(26-24-29)40-41-36-17-9-10-18-37(36)42(40)31-11-3-2-4-12-31/h2-26H,1H3. The molecule has 0 N–H and O–H groups in total. The highest BCUT2D eigenvalue weighted by Crippen LogP contribution is 2.44. The Balaban J connectivity index is 1.34. The van der Waals surface area contributed by atoms with Gasteiger partial charge in [0, 0.05) is 11.3 Å². The molecule has 0 saturated heterocycles. The van der Waals surface area contributed by atoms with Crippen LogP contribution in [0.15, 0.2) is 152 Å². The number of imidazole rings is 1. The molecule has 0 atom stereocenters. The van der Waals surface area contributed by atoms with Gasteiger partial charge in [0.15, 0.2) is 0 Å². The zero-order chi connectivity index (χ0) is 28.0. The first-order valence-corrected chi connectivity index (χ1v) is 14.4. The fourth-order valence-electron chi connectivity index (χ4n) is 6.31. The molecule has 198 valence electrons. The average molecular weight is 537 g/mol. The van der Waals surface area contributed by atoms with Crippen LogP contribution in [0, 0.1) is 6.92 Å². The maximum absolute atomic E-state index is 5.08. The van der Waals surface area contributed by atoms with Crippen molar-refractivity contribution < 1.29 is 0 Å². The molecule has 0 aliphatic rings. The largest absolute Gasteiger partial charge is 0.292 e. The van der Waals surface area contributed by atoms with Crippen molar-refractivity contribution in [3.63, 3.8) is 0 Å². The Morgan fingerprint density at radius 2 is 0.881 bits per heavy atom. The van der Waals surface area contributed by atoms with Crippen molar-refractivity contribution in [3.05, 3.63) is 157 Å². The molecule has 1 aromatic heterocycles. The third-order valence-corrected chi connectivity index (χ3v) is 8.28. The summed E-state index contributed by atoms with van der Waals surface area (Å²) in [7, 11) is 0. The van der Waals surface area contributed by atoms with Crippen molar-refractivity contribution in [1.82, 2.24) is 9.55 Å². The van der Waals surface area contributed by atoms with Gasteiger partial charge in [0.25, 0.3) is 0 Å². The molecule has 8 aromatic rings. The van der Waals surface area contributed by atoms with Crippen LogP contribution >= 0.6 is 0 Å². The highest BCUT2D eigenvalue weighted by molar-refractivity contribution is 6.21. The minimum absolute atomic E-state index is 0.943. The molecule has 8 rings (SSSR count). The lowest BCUT2D eigenvalue weighted by Gasteiger charge is -2.18. The molecule has 0 saturated carbocycles. The number of para-hydroxylation sites is 3. The monoisotopic (exact) mass is 536 g/mol. The van der Waals surface area contributed by atoms with Gasteiger partial charge >= 0.3 is 0 Å². The van der Waals surface area contributed by atoms with Crippen LogP contribution in [0.1, 0.15) is 5.56 Å². The summed E-state index contributed by atoms with van der Waals surface area (Å²) in [5.41, 5.74) is 10.6. The van der Waals surface area contributed by atoms with Crippen LogP contribution in [0.3, 0.4) is 0 Å². The van der Waals surface area contributed by atoms with E-state index in [1.54, 1.807) is 0 Å². The number of nitrogens with zero attached hydrogens (tertiary/aromatic N) is 2. The van der Waals surface area contributed by atoms with E-state index in [4.69, 9.17) is 4.98 Å². The zero-order valence-electron chi connectivity index (χ0n) is 23.3. The summed E-state index contributed by atoms with van der Waals surface area (Å²) in [5.74, 6) is 0.943. The molecule has 0 radical (unpaired) electrons. The Bertz CT molecular complexity index is 2170. The molecule has 0 aliphatic carbocycles. The van der Waals surface area contributed by atoms with Crippen LogP contribution in [0.5, 0.6) is 0 Å². The zero-order valence-corrected chi connectivity index (χ0v) is 23.3. The molecule has 0 aliphatic heterocycles. The van der Waals surface area contributed by atoms with Crippen molar-refractivity contribution >= 4 is 32.6 Å². The van der Waals surface area contributed by atoms with E-state index in [2.05, 4.69) is 157 Å². The van der Waals surface area contributed by atoms with E-state index in [9.17, 15) is 0 Å². The van der Waals surface area contributed by atoms with Crippen LogP contribution in [-0.4, -0.2) is 9.55 Å². The second kappa shape index (κ2) is 9.87. The lowest BCUT2D eigenvalue weighted by atomic mass is 9.86. The quantitative estimate of drug-likeness (QED) is 0.205. The lowest BCUT2D eigenvalue weighted by molar-refractivity contribution is 1.10. The van der Waals surface area contributed by atoms with Crippen LogP contribution in [-0.2, 0) is 0 Å². The van der Waals surface area contributed by atoms with Gasteiger partial charge in [-0.25, -0.2) is 4.98 Å². The highest BCUT2D eigenvalue weighted by Gasteiger charge is 2.18. The number of fused-ring (bicyclic) bond motifs is 3. The van der Waals surface area contributed by atoms with E-state index < -0.39 is 0 Å². The molecule has 0 unspecified atom stereocenters. The van der Waals surface area contributed by atoms with Gasteiger partial charge in [0.05, 0.1) is 11.0 Å². The first-order chi connectivity index (χ1) is 20.8. The molecule has 0 bridgehead atoms. The number of aryl methyl sites for hydroxylation is 1. The van der Waals surface area contributed by atoms with Crippen LogP contribution in [0.2, 0.25) is 0 Å². The van der Waals surface area contributed by atoms with Gasteiger partial charge in [-0.1, -0.05) is 133 Å². The summed E-state index contributed by atoms with van der Waals surface area (Å²) < 4.78 is 2.26. The van der Waals surface area contributed by atoms with E-state index in [0.717, 1.165) is 28.1 Å². The molecular formula is C40H28N2. The molecule has 0 spiro atoms. The van der Waals surface area contributed by atoms with Crippen LogP contribution in [0.25, 0.3) is 71.9 Å². The normalized spacial score (nSPS) is 11.5. The molecule has 2 nitrogen and oxygen atoms in total. The maximum Gasteiger partial charge on any atom is 0.145 e. The summed E-state index contributed by atoms with van der Waals surface area (Å²) in [6, 6.07) is 54.3. The minimum atomic E-state index is 0.943. The first-order valence-electron chi connectivity index (χ1n) is 14.4. The second-order valence-corrected chi connectivity index (χ2v) is 10.9. The van der Waals surface area contributed by atoms with Gasteiger partial charge in [-0.05, 0) is 75.0 Å². The summed E-state index contributed by atoms with van der Waals surface area (Å²) >= 11 is 0. The predicted molar refractivity (Wildman–Crippen MR) is 177 cm³/mol. The fourth-order valence-corrected chi connectivity index (χ4v) is 6.31. The minimum Gasteiger partial charge on any atom is -0.292 e. The second-order valence-electron chi connectivity index (χ2n) is 10.9. The number of hydrogen-bond acceptors (Lipinski definition) is 1. The SMILES string of the molecule is Cc1ccc(-c2c3ccccc3c(-c3ccc(-c4nc5ccccc5n4-c4ccccc4)cc3)c3ccccc23)cc1. The summed E-state index contributed by atoms with van der Waals surface area (Å²) in [6.45, 7) is 2.14. The summed E-state index contributed by atoms with van der Waals surface area (Å²) in [4.78, 5) is 5.08. The topological polar surface area (TPSA) is 17.8 Å². The van der Waals surface area contributed by atoms with E-state index >= 15 is 0 Å². The van der Waals surface area contributed by atoms with Crippen molar-refractivity contribution in [2.75, 3.05) is 0 Å². The van der Waals surface area contributed by atoms with Gasteiger partial charge in [0.1, 0.15) is 5.82 Å². The molecule has 0 fully saturated rings. The fraction of sp³-hybridized carbons (Fsp3) is 0.0250. The highest BCUT2D eigenvalue weighted by atomic mass is 15.1. The maximum atomic E-state index is 5.08. The van der Waals surface area contributed by atoms with Gasteiger partial charge in [-0.15, -0.1) is 0 Å². The Hall–Kier alpha value is -5.47. The number of aromatic nitrogens is 2. The molecule has 2 heteroatoms. The number of benzene rings is 7.